The second-order valence-corrected chi connectivity index (χ2v) is 7.35. The van der Waals surface area contributed by atoms with E-state index in [1.165, 1.54) is 0 Å². The number of nitrogens with one attached hydrogen (secondary N) is 3. The second-order valence-electron chi connectivity index (χ2n) is 7.35. The van der Waals surface area contributed by atoms with Crippen molar-refractivity contribution in [2.24, 2.45) is 0 Å². The third-order valence-electron chi connectivity index (χ3n) is 5.32. The monoisotopic (exact) mass is 413 g/mol. The number of hydrogen-bond donors (Lipinski definition) is 3. The van der Waals surface area contributed by atoms with Gasteiger partial charge in [0, 0.05) is 39.1 Å². The van der Waals surface area contributed by atoms with Crippen molar-refractivity contribution in [3.8, 4) is 5.75 Å². The lowest BCUT2D eigenvalue weighted by atomic mass is 10.1. The topological polar surface area (TPSA) is 83.2 Å². The van der Waals surface area contributed by atoms with E-state index in [-0.39, 0.29) is 11.8 Å². The quantitative estimate of drug-likeness (QED) is 0.415. The number of anilines is 2. The van der Waals surface area contributed by atoms with Gasteiger partial charge >= 0.3 is 0 Å². The molecule has 0 saturated heterocycles. The molecule has 3 aromatic carbocycles. The Morgan fingerprint density at radius 2 is 1.32 bits per heavy atom. The maximum atomic E-state index is 12.7. The van der Waals surface area contributed by atoms with E-state index in [2.05, 4.69) is 15.6 Å². The number of benzene rings is 3. The van der Waals surface area contributed by atoms with Gasteiger partial charge in [-0.15, -0.1) is 0 Å². The average Bonchev–Trinajstić information content (AvgIpc) is 3.07. The molecule has 1 aromatic heterocycles. The molecule has 0 unspecified atom stereocenters. The van der Waals surface area contributed by atoms with Crippen molar-refractivity contribution >= 4 is 34.1 Å². The number of aromatic nitrogens is 1. The van der Waals surface area contributed by atoms with E-state index >= 15 is 0 Å². The van der Waals surface area contributed by atoms with Crippen LogP contribution in [-0.2, 0) is 0 Å². The highest BCUT2D eigenvalue weighted by Crippen LogP contribution is 2.23. The highest BCUT2D eigenvalue weighted by molar-refractivity contribution is 6.07. The summed E-state index contributed by atoms with van der Waals surface area (Å²) >= 11 is 0. The molecule has 1 heterocycles. The first-order valence-electron chi connectivity index (χ1n) is 9.90. The van der Waals surface area contributed by atoms with E-state index in [0.717, 1.165) is 27.9 Å². The number of fused-ring (bicyclic) bond motifs is 1. The van der Waals surface area contributed by atoms with Crippen LogP contribution in [0.2, 0.25) is 0 Å². The number of rotatable bonds is 5. The number of carbonyl (C=O) groups is 2. The van der Waals surface area contributed by atoms with Gasteiger partial charge in [0.25, 0.3) is 11.8 Å². The van der Waals surface area contributed by atoms with Crippen molar-refractivity contribution in [1.82, 2.24) is 4.98 Å². The van der Waals surface area contributed by atoms with E-state index in [4.69, 9.17) is 4.74 Å². The molecule has 6 nitrogen and oxygen atoms in total. The van der Waals surface area contributed by atoms with Gasteiger partial charge in [-0.05, 0) is 86.1 Å². The molecule has 2 amide bonds. The molecule has 0 saturated carbocycles. The first-order valence-corrected chi connectivity index (χ1v) is 9.90. The molecule has 31 heavy (non-hydrogen) atoms. The van der Waals surface area contributed by atoms with Gasteiger partial charge in [0.2, 0.25) is 0 Å². The first kappa shape index (κ1) is 20.2. The van der Waals surface area contributed by atoms with Crippen molar-refractivity contribution in [2.45, 2.75) is 13.8 Å². The molecule has 3 N–H and O–H groups in total. The van der Waals surface area contributed by atoms with Gasteiger partial charge in [0.15, 0.2) is 0 Å². The van der Waals surface area contributed by atoms with Gasteiger partial charge in [0.1, 0.15) is 5.75 Å². The second kappa shape index (κ2) is 8.36. The molecule has 4 rings (SSSR count). The number of carbonyl (C=O) groups excluding carboxylic acids is 2. The Balaban J connectivity index is 1.43. The van der Waals surface area contributed by atoms with E-state index in [1.54, 1.807) is 61.7 Å². The zero-order valence-corrected chi connectivity index (χ0v) is 17.6. The van der Waals surface area contributed by atoms with E-state index in [9.17, 15) is 9.59 Å². The molecule has 0 radical (unpaired) electrons. The van der Waals surface area contributed by atoms with Crippen LogP contribution in [0.15, 0.2) is 66.7 Å². The number of amides is 2. The van der Waals surface area contributed by atoms with Gasteiger partial charge in [-0.3, -0.25) is 9.59 Å². The predicted molar refractivity (Wildman–Crippen MR) is 123 cm³/mol. The lowest BCUT2D eigenvalue weighted by Gasteiger charge is -2.08. The summed E-state index contributed by atoms with van der Waals surface area (Å²) in [4.78, 5) is 28.4. The normalized spacial score (nSPS) is 10.7. The van der Waals surface area contributed by atoms with Crippen LogP contribution in [0.1, 0.15) is 32.0 Å². The summed E-state index contributed by atoms with van der Waals surface area (Å²) in [6.45, 7) is 4.05. The van der Waals surface area contributed by atoms with E-state index in [0.29, 0.717) is 22.5 Å². The maximum absolute atomic E-state index is 12.7. The Bertz CT molecular complexity index is 1260. The van der Waals surface area contributed by atoms with Crippen molar-refractivity contribution in [3.05, 3.63) is 89.1 Å². The summed E-state index contributed by atoms with van der Waals surface area (Å²) in [5.41, 5.74) is 5.61. The molecule has 0 aliphatic carbocycles. The third-order valence-corrected chi connectivity index (χ3v) is 5.32. The van der Waals surface area contributed by atoms with Crippen molar-refractivity contribution in [3.63, 3.8) is 0 Å². The van der Waals surface area contributed by atoms with Crippen molar-refractivity contribution in [1.29, 1.82) is 0 Å². The summed E-state index contributed by atoms with van der Waals surface area (Å²) in [6.07, 6.45) is 0. The van der Waals surface area contributed by atoms with Crippen LogP contribution in [-0.4, -0.2) is 23.9 Å². The van der Waals surface area contributed by atoms with Crippen LogP contribution in [0.4, 0.5) is 11.4 Å². The van der Waals surface area contributed by atoms with Crippen LogP contribution in [0.5, 0.6) is 5.75 Å². The van der Waals surface area contributed by atoms with Crippen LogP contribution < -0.4 is 15.4 Å². The molecule has 6 heteroatoms. The fourth-order valence-corrected chi connectivity index (χ4v) is 3.39. The lowest BCUT2D eigenvalue weighted by Crippen LogP contribution is -2.13. The SMILES string of the molecule is COc1ccc(NC(=O)c2ccc(NC(=O)c3ccc4[nH]c(C)c(C)c4c3)cc2)cc1. The molecule has 0 fully saturated rings. The highest BCUT2D eigenvalue weighted by Gasteiger charge is 2.11. The van der Waals surface area contributed by atoms with E-state index in [1.807, 2.05) is 26.0 Å². The molecule has 0 aliphatic heterocycles. The van der Waals surface area contributed by atoms with Gasteiger partial charge in [-0.25, -0.2) is 0 Å². The summed E-state index contributed by atoms with van der Waals surface area (Å²) in [5, 5.41) is 6.76. The number of aryl methyl sites for hydroxylation is 2. The minimum atomic E-state index is -0.230. The molecule has 4 aromatic rings. The minimum Gasteiger partial charge on any atom is -0.497 e. The first-order chi connectivity index (χ1) is 14.9. The molecule has 0 spiro atoms. The molecular formula is C25H23N3O3. The summed E-state index contributed by atoms with van der Waals surface area (Å²) < 4.78 is 5.11. The van der Waals surface area contributed by atoms with Gasteiger partial charge in [-0.1, -0.05) is 0 Å². The van der Waals surface area contributed by atoms with Gasteiger partial charge in [0.05, 0.1) is 7.11 Å². The number of H-pyrrole nitrogens is 1. The average molecular weight is 413 g/mol. The number of methoxy groups -OCH3 is 1. The summed E-state index contributed by atoms with van der Waals surface area (Å²) in [6, 6.07) is 19.5. The maximum Gasteiger partial charge on any atom is 0.255 e. The Morgan fingerprint density at radius 1 is 0.774 bits per heavy atom. The van der Waals surface area contributed by atoms with Crippen molar-refractivity contribution in [2.75, 3.05) is 17.7 Å². The highest BCUT2D eigenvalue weighted by atomic mass is 16.5. The Morgan fingerprint density at radius 3 is 1.94 bits per heavy atom. The van der Waals surface area contributed by atoms with Crippen molar-refractivity contribution < 1.29 is 14.3 Å². The molecule has 0 aliphatic rings. The predicted octanol–water partition coefficient (Wildman–Crippen LogP) is 5.30. The standard InChI is InChI=1S/C25H23N3O3/c1-15-16(2)26-23-13-6-18(14-22(15)23)25(30)28-19-7-4-17(5-8-19)24(29)27-20-9-11-21(31-3)12-10-20/h4-14,26H,1-3H3,(H,27,29)(H,28,30). The molecular weight excluding hydrogens is 390 g/mol. The Hall–Kier alpha value is -4.06. The zero-order valence-electron chi connectivity index (χ0n) is 17.6. The number of hydrogen-bond acceptors (Lipinski definition) is 3. The zero-order chi connectivity index (χ0) is 22.0. The largest absolute Gasteiger partial charge is 0.497 e. The smallest absolute Gasteiger partial charge is 0.255 e. The fraction of sp³-hybridized carbons (Fsp3) is 0.120. The number of ether oxygens (including phenoxy) is 1. The molecule has 0 bridgehead atoms. The summed E-state index contributed by atoms with van der Waals surface area (Å²) in [7, 11) is 1.59. The van der Waals surface area contributed by atoms with Crippen LogP contribution >= 0.6 is 0 Å². The minimum absolute atomic E-state index is 0.199. The van der Waals surface area contributed by atoms with Crippen LogP contribution in [0, 0.1) is 13.8 Å². The van der Waals surface area contributed by atoms with Gasteiger partial charge in [-0.2, -0.15) is 0 Å². The lowest BCUT2D eigenvalue weighted by molar-refractivity contribution is 0.102. The number of aromatic amines is 1. The van der Waals surface area contributed by atoms with Crippen LogP contribution in [0.25, 0.3) is 10.9 Å². The van der Waals surface area contributed by atoms with Gasteiger partial charge < -0.3 is 20.4 Å². The van der Waals surface area contributed by atoms with E-state index < -0.39 is 0 Å². The molecule has 0 atom stereocenters. The molecule has 156 valence electrons. The Kier molecular flexibility index (Phi) is 5.45. The Labute approximate surface area is 180 Å². The van der Waals surface area contributed by atoms with Crippen LogP contribution in [0.3, 0.4) is 0 Å². The third kappa shape index (κ3) is 4.28. The fourth-order valence-electron chi connectivity index (χ4n) is 3.39. The summed E-state index contributed by atoms with van der Waals surface area (Å²) in [5.74, 6) is 0.293.